The highest BCUT2D eigenvalue weighted by Crippen LogP contribution is 2.20. The van der Waals surface area contributed by atoms with Crippen molar-refractivity contribution in [1.29, 1.82) is 0 Å². The van der Waals surface area contributed by atoms with E-state index in [1.165, 1.54) is 12.1 Å². The number of amides is 2. The average Bonchev–Trinajstić information content (AvgIpc) is 2.77. The van der Waals surface area contributed by atoms with Gasteiger partial charge in [0.15, 0.2) is 0 Å². The first-order chi connectivity index (χ1) is 11.5. The predicted octanol–water partition coefficient (Wildman–Crippen LogP) is 3.48. The van der Waals surface area contributed by atoms with Crippen LogP contribution in [0.3, 0.4) is 0 Å². The summed E-state index contributed by atoms with van der Waals surface area (Å²) in [5.74, 6) is 0.249. The van der Waals surface area contributed by atoms with Crippen molar-refractivity contribution in [3.63, 3.8) is 0 Å². The third-order valence-electron chi connectivity index (χ3n) is 4.63. The minimum Gasteiger partial charge on any atom is -0.338 e. The zero-order valence-electron chi connectivity index (χ0n) is 15.1. The van der Waals surface area contributed by atoms with Gasteiger partial charge in [-0.05, 0) is 36.5 Å². The number of nitrogens with zero attached hydrogens (tertiary/aromatic N) is 2. The quantitative estimate of drug-likeness (QED) is 0.894. The Hall–Kier alpha value is -1.62. The molecule has 0 aliphatic carbocycles. The fourth-order valence-electron chi connectivity index (χ4n) is 3.24. The summed E-state index contributed by atoms with van der Waals surface area (Å²) < 4.78 is 13.1. The fourth-order valence-corrected chi connectivity index (χ4v) is 3.24. The summed E-state index contributed by atoms with van der Waals surface area (Å²) in [5.41, 5.74) is 1.12. The van der Waals surface area contributed by atoms with Crippen molar-refractivity contribution in [3.8, 4) is 0 Å². The van der Waals surface area contributed by atoms with Crippen LogP contribution in [0.1, 0.15) is 39.2 Å². The van der Waals surface area contributed by atoms with Gasteiger partial charge in [0, 0.05) is 38.8 Å². The van der Waals surface area contributed by atoms with Crippen LogP contribution in [0.15, 0.2) is 24.3 Å². The van der Waals surface area contributed by atoms with Gasteiger partial charge in [-0.25, -0.2) is 9.18 Å². The molecule has 1 N–H and O–H groups in total. The molecule has 1 aromatic rings. The van der Waals surface area contributed by atoms with Gasteiger partial charge in [0.2, 0.25) is 0 Å². The highest BCUT2D eigenvalue weighted by atomic mass is 19.1. The Morgan fingerprint density at radius 3 is 2.62 bits per heavy atom. The molecule has 4 nitrogen and oxygen atoms in total. The van der Waals surface area contributed by atoms with E-state index in [1.54, 1.807) is 0 Å². The summed E-state index contributed by atoms with van der Waals surface area (Å²) >= 11 is 0. The van der Waals surface area contributed by atoms with E-state index in [4.69, 9.17) is 0 Å². The number of halogens is 1. The fraction of sp³-hybridized carbons (Fsp3) is 0.632. The van der Waals surface area contributed by atoms with E-state index in [0.29, 0.717) is 12.0 Å². The number of hydrogen-bond donors (Lipinski definition) is 1. The third kappa shape index (κ3) is 5.20. The van der Waals surface area contributed by atoms with Crippen LogP contribution in [0.2, 0.25) is 0 Å². The van der Waals surface area contributed by atoms with Crippen molar-refractivity contribution in [1.82, 2.24) is 15.1 Å². The maximum absolute atomic E-state index is 13.1. The highest BCUT2D eigenvalue weighted by molar-refractivity contribution is 5.74. The molecule has 2 amide bonds. The number of hydrogen-bond acceptors (Lipinski definition) is 2. The van der Waals surface area contributed by atoms with E-state index in [9.17, 15) is 9.18 Å². The molecule has 24 heavy (non-hydrogen) atoms. The number of nitrogens with one attached hydrogen (secondary N) is 1. The number of benzene rings is 1. The first kappa shape index (κ1) is 18.7. The summed E-state index contributed by atoms with van der Waals surface area (Å²) in [6, 6.07) is 7.09. The van der Waals surface area contributed by atoms with Crippen molar-refractivity contribution in [2.45, 2.75) is 46.2 Å². The third-order valence-corrected chi connectivity index (χ3v) is 4.63. The Balaban J connectivity index is 2.05. The average molecular weight is 335 g/mol. The van der Waals surface area contributed by atoms with E-state index in [2.05, 4.69) is 31.0 Å². The van der Waals surface area contributed by atoms with Crippen molar-refractivity contribution in [2.24, 2.45) is 5.92 Å². The number of urea groups is 1. The molecule has 1 aliphatic heterocycles. The van der Waals surface area contributed by atoms with E-state index in [1.807, 2.05) is 17.0 Å². The predicted molar refractivity (Wildman–Crippen MR) is 95.3 cm³/mol. The second kappa shape index (κ2) is 9.02. The van der Waals surface area contributed by atoms with Crippen LogP contribution >= 0.6 is 0 Å². The van der Waals surface area contributed by atoms with Crippen LogP contribution < -0.4 is 5.32 Å². The molecular formula is C19H30FN3O. The van der Waals surface area contributed by atoms with E-state index < -0.39 is 0 Å². The van der Waals surface area contributed by atoms with Gasteiger partial charge in [-0.2, -0.15) is 0 Å². The molecule has 0 radical (unpaired) electrons. The van der Waals surface area contributed by atoms with Crippen LogP contribution in [0, 0.1) is 11.7 Å². The summed E-state index contributed by atoms with van der Waals surface area (Å²) in [7, 11) is 0. The largest absolute Gasteiger partial charge is 0.338 e. The summed E-state index contributed by atoms with van der Waals surface area (Å²) in [6.45, 7) is 10.5. The molecular weight excluding hydrogens is 305 g/mol. The van der Waals surface area contributed by atoms with Crippen LogP contribution in [0.4, 0.5) is 9.18 Å². The lowest BCUT2D eigenvalue weighted by molar-refractivity contribution is 0.135. The van der Waals surface area contributed by atoms with Crippen molar-refractivity contribution < 1.29 is 9.18 Å². The first-order valence-corrected chi connectivity index (χ1v) is 9.02. The Morgan fingerprint density at radius 1 is 1.29 bits per heavy atom. The normalized spacial score (nSPS) is 19.4. The Bertz CT molecular complexity index is 518. The Morgan fingerprint density at radius 2 is 2.00 bits per heavy atom. The molecule has 2 rings (SSSR count). The highest BCUT2D eigenvalue weighted by Gasteiger charge is 2.29. The van der Waals surface area contributed by atoms with E-state index >= 15 is 0 Å². The van der Waals surface area contributed by atoms with Crippen LogP contribution in [0.25, 0.3) is 0 Å². The number of carbonyl (C=O) groups excluding carboxylic acids is 1. The van der Waals surface area contributed by atoms with Gasteiger partial charge in [0.1, 0.15) is 5.82 Å². The lowest BCUT2D eigenvalue weighted by atomic mass is 10.0. The second-order valence-corrected chi connectivity index (χ2v) is 6.94. The minimum atomic E-state index is -0.200. The minimum absolute atomic E-state index is 0.0473. The molecule has 1 atom stereocenters. The zero-order chi connectivity index (χ0) is 17.5. The second-order valence-electron chi connectivity index (χ2n) is 6.94. The van der Waals surface area contributed by atoms with Crippen LogP contribution in [0.5, 0.6) is 0 Å². The molecule has 1 aromatic carbocycles. The first-order valence-electron chi connectivity index (χ1n) is 9.02. The standard InChI is InChI=1S/C19H30FN3O/c1-4-10-21-19(24)23-12-5-11-22(18(14-23)15(2)3)13-16-6-8-17(20)9-7-16/h6-9,15,18H,4-5,10-14H2,1-3H3,(H,21,24)/t18-/m0/s1. The summed E-state index contributed by atoms with van der Waals surface area (Å²) in [6.07, 6.45) is 1.91. The molecule has 0 saturated carbocycles. The molecule has 1 heterocycles. The van der Waals surface area contributed by atoms with Gasteiger partial charge in [0.05, 0.1) is 0 Å². The topological polar surface area (TPSA) is 35.6 Å². The summed E-state index contributed by atoms with van der Waals surface area (Å²) in [5, 5.41) is 2.99. The molecule has 134 valence electrons. The van der Waals surface area contributed by atoms with Gasteiger partial charge in [-0.1, -0.05) is 32.9 Å². The van der Waals surface area contributed by atoms with E-state index in [0.717, 1.165) is 51.1 Å². The maximum atomic E-state index is 13.1. The molecule has 0 bridgehead atoms. The Kier molecular flexibility index (Phi) is 7.03. The molecule has 1 saturated heterocycles. The number of rotatable bonds is 5. The van der Waals surface area contributed by atoms with E-state index in [-0.39, 0.29) is 11.8 Å². The smallest absolute Gasteiger partial charge is 0.317 e. The summed E-state index contributed by atoms with van der Waals surface area (Å²) in [4.78, 5) is 16.7. The van der Waals surface area contributed by atoms with Gasteiger partial charge in [0.25, 0.3) is 0 Å². The lowest BCUT2D eigenvalue weighted by Gasteiger charge is -2.34. The maximum Gasteiger partial charge on any atom is 0.317 e. The molecule has 0 spiro atoms. The van der Waals surface area contributed by atoms with Crippen molar-refractivity contribution in [2.75, 3.05) is 26.2 Å². The van der Waals surface area contributed by atoms with Crippen LogP contribution in [-0.2, 0) is 6.54 Å². The van der Waals surface area contributed by atoms with Gasteiger partial charge in [-0.3, -0.25) is 4.90 Å². The van der Waals surface area contributed by atoms with Crippen molar-refractivity contribution in [3.05, 3.63) is 35.6 Å². The molecule has 1 fully saturated rings. The van der Waals surface area contributed by atoms with Gasteiger partial charge >= 0.3 is 6.03 Å². The van der Waals surface area contributed by atoms with Crippen LogP contribution in [-0.4, -0.2) is 48.1 Å². The van der Waals surface area contributed by atoms with Gasteiger partial charge < -0.3 is 10.2 Å². The molecule has 0 aromatic heterocycles. The molecule has 0 unspecified atom stereocenters. The molecule has 5 heteroatoms. The molecule has 1 aliphatic rings. The SMILES string of the molecule is CCCNC(=O)N1CCCN(Cc2ccc(F)cc2)[C@H](C(C)C)C1. The van der Waals surface area contributed by atoms with Crippen molar-refractivity contribution >= 4 is 6.03 Å². The zero-order valence-corrected chi connectivity index (χ0v) is 15.1. The lowest BCUT2D eigenvalue weighted by Crippen LogP contribution is -2.48. The Labute approximate surface area is 145 Å². The monoisotopic (exact) mass is 335 g/mol. The number of carbonyl (C=O) groups is 1. The van der Waals surface area contributed by atoms with Gasteiger partial charge in [-0.15, -0.1) is 0 Å².